The van der Waals surface area contributed by atoms with Crippen LogP contribution < -0.4 is 4.74 Å². The topological polar surface area (TPSA) is 31.4 Å². The summed E-state index contributed by atoms with van der Waals surface area (Å²) in [7, 11) is 1.68. The third-order valence-electron chi connectivity index (χ3n) is 2.67. The Morgan fingerprint density at radius 1 is 1.21 bits per heavy atom. The predicted molar refractivity (Wildman–Crippen MR) is 78.8 cm³/mol. The lowest BCUT2D eigenvalue weighted by atomic mass is 10.2. The van der Waals surface area contributed by atoms with Crippen molar-refractivity contribution in [1.82, 2.24) is 4.98 Å². The lowest BCUT2D eigenvalue weighted by molar-refractivity contribution is 0.184. The van der Waals surface area contributed by atoms with Crippen LogP contribution in [0, 0.1) is 6.92 Å². The number of hydrogen-bond donors (Lipinski definition) is 0. The fourth-order valence-corrected chi connectivity index (χ4v) is 2.08. The van der Waals surface area contributed by atoms with Gasteiger partial charge in [0.2, 0.25) is 5.88 Å². The third-order valence-corrected chi connectivity index (χ3v) is 3.31. The number of aromatic nitrogens is 1. The molecule has 0 bridgehead atoms. The standard InChI is InChI=1S/C15H16BrNO2/c1-11-6-13(8-16)9-17-15(11)19-14-5-3-4-12(7-14)10-18-2/h3-7,9H,8,10H2,1-2H3. The SMILES string of the molecule is COCc1cccc(Oc2ncc(CBr)cc2C)c1. The zero-order chi connectivity index (χ0) is 13.7. The summed E-state index contributed by atoms with van der Waals surface area (Å²) in [5, 5.41) is 0.796. The van der Waals surface area contributed by atoms with Crippen LogP contribution in [0.2, 0.25) is 0 Å². The molecule has 1 aromatic carbocycles. The Bertz CT molecular complexity index is 558. The first-order chi connectivity index (χ1) is 9.22. The molecule has 0 N–H and O–H groups in total. The molecule has 0 atom stereocenters. The normalized spacial score (nSPS) is 10.5. The Balaban J connectivity index is 2.18. The van der Waals surface area contributed by atoms with Crippen LogP contribution in [0.15, 0.2) is 36.5 Å². The number of pyridine rings is 1. The van der Waals surface area contributed by atoms with Crippen LogP contribution >= 0.6 is 15.9 Å². The largest absolute Gasteiger partial charge is 0.439 e. The molecular weight excluding hydrogens is 306 g/mol. The maximum absolute atomic E-state index is 5.81. The van der Waals surface area contributed by atoms with E-state index < -0.39 is 0 Å². The fourth-order valence-electron chi connectivity index (χ4n) is 1.78. The Kier molecular flexibility index (Phi) is 4.93. The number of hydrogen-bond acceptors (Lipinski definition) is 3. The van der Waals surface area contributed by atoms with Gasteiger partial charge in [-0.2, -0.15) is 0 Å². The average Bonchev–Trinajstić information content (AvgIpc) is 2.42. The molecule has 0 amide bonds. The number of aryl methyl sites for hydroxylation is 1. The summed E-state index contributed by atoms with van der Waals surface area (Å²) >= 11 is 3.42. The minimum Gasteiger partial charge on any atom is -0.439 e. The van der Waals surface area contributed by atoms with Crippen molar-refractivity contribution in [1.29, 1.82) is 0 Å². The van der Waals surface area contributed by atoms with E-state index in [9.17, 15) is 0 Å². The van der Waals surface area contributed by atoms with Crippen molar-refractivity contribution in [2.75, 3.05) is 7.11 Å². The predicted octanol–water partition coefficient (Wildman–Crippen LogP) is 4.22. The van der Waals surface area contributed by atoms with Crippen LogP contribution in [-0.2, 0) is 16.7 Å². The molecule has 0 radical (unpaired) electrons. The van der Waals surface area contributed by atoms with Crippen molar-refractivity contribution in [3.8, 4) is 11.6 Å². The molecule has 4 heteroatoms. The second kappa shape index (κ2) is 6.68. The number of benzene rings is 1. The molecule has 0 saturated heterocycles. The summed E-state index contributed by atoms with van der Waals surface area (Å²) in [5.41, 5.74) is 3.24. The summed E-state index contributed by atoms with van der Waals surface area (Å²) in [4.78, 5) is 4.34. The number of halogens is 1. The molecule has 0 spiro atoms. The van der Waals surface area contributed by atoms with E-state index in [0.717, 1.165) is 27.8 Å². The van der Waals surface area contributed by atoms with Crippen LogP contribution in [0.4, 0.5) is 0 Å². The first-order valence-corrected chi connectivity index (χ1v) is 7.12. The second-order valence-corrected chi connectivity index (χ2v) is 4.84. The number of alkyl halides is 1. The van der Waals surface area contributed by atoms with Crippen molar-refractivity contribution in [2.45, 2.75) is 18.9 Å². The van der Waals surface area contributed by atoms with Gasteiger partial charge in [0, 0.05) is 24.2 Å². The smallest absolute Gasteiger partial charge is 0.222 e. The molecule has 0 aliphatic carbocycles. The highest BCUT2D eigenvalue weighted by Gasteiger charge is 2.05. The van der Waals surface area contributed by atoms with Crippen LogP contribution in [-0.4, -0.2) is 12.1 Å². The molecule has 3 nitrogen and oxygen atoms in total. The highest BCUT2D eigenvalue weighted by molar-refractivity contribution is 9.08. The molecule has 0 fully saturated rings. The van der Waals surface area contributed by atoms with Crippen molar-refractivity contribution < 1.29 is 9.47 Å². The lowest BCUT2D eigenvalue weighted by Gasteiger charge is -2.09. The van der Waals surface area contributed by atoms with Gasteiger partial charge in [0.05, 0.1) is 6.61 Å². The number of nitrogens with zero attached hydrogens (tertiary/aromatic N) is 1. The molecule has 0 unspecified atom stereocenters. The minimum absolute atomic E-state index is 0.576. The molecule has 2 aromatic rings. The first kappa shape index (κ1) is 14.0. The Hall–Kier alpha value is -1.39. The Morgan fingerprint density at radius 3 is 2.74 bits per heavy atom. The van der Waals surface area contributed by atoms with Gasteiger partial charge in [-0.15, -0.1) is 0 Å². The van der Waals surface area contributed by atoms with Crippen molar-refractivity contribution in [2.24, 2.45) is 0 Å². The highest BCUT2D eigenvalue weighted by Crippen LogP contribution is 2.24. The van der Waals surface area contributed by atoms with Gasteiger partial charge in [-0.1, -0.05) is 28.1 Å². The van der Waals surface area contributed by atoms with Crippen LogP contribution in [0.25, 0.3) is 0 Å². The molecule has 1 aromatic heterocycles. The molecule has 2 rings (SSSR count). The molecule has 0 aliphatic heterocycles. The fraction of sp³-hybridized carbons (Fsp3) is 0.267. The monoisotopic (exact) mass is 321 g/mol. The number of ether oxygens (including phenoxy) is 2. The quantitative estimate of drug-likeness (QED) is 0.772. The van der Waals surface area contributed by atoms with E-state index in [1.807, 2.05) is 37.4 Å². The highest BCUT2D eigenvalue weighted by atomic mass is 79.9. The zero-order valence-corrected chi connectivity index (χ0v) is 12.6. The van der Waals surface area contributed by atoms with Gasteiger partial charge in [0.1, 0.15) is 5.75 Å². The molecule has 100 valence electrons. The Labute approximate surface area is 121 Å². The zero-order valence-electron chi connectivity index (χ0n) is 11.0. The second-order valence-electron chi connectivity index (χ2n) is 4.28. The van der Waals surface area contributed by atoms with Crippen molar-refractivity contribution in [3.05, 3.63) is 53.2 Å². The first-order valence-electron chi connectivity index (χ1n) is 6.00. The van der Waals surface area contributed by atoms with Gasteiger partial charge < -0.3 is 9.47 Å². The van der Waals surface area contributed by atoms with Crippen LogP contribution in [0.5, 0.6) is 11.6 Å². The van der Waals surface area contributed by atoms with Gasteiger partial charge in [0.15, 0.2) is 0 Å². The van der Waals surface area contributed by atoms with Crippen LogP contribution in [0.1, 0.15) is 16.7 Å². The molecule has 0 aliphatic rings. The van der Waals surface area contributed by atoms with E-state index in [2.05, 4.69) is 27.0 Å². The molecule has 1 heterocycles. The van der Waals surface area contributed by atoms with Gasteiger partial charge in [0.25, 0.3) is 0 Å². The summed E-state index contributed by atoms with van der Waals surface area (Å²) in [5.74, 6) is 1.41. The summed E-state index contributed by atoms with van der Waals surface area (Å²) in [6.45, 7) is 2.57. The number of methoxy groups -OCH3 is 1. The van der Waals surface area contributed by atoms with E-state index >= 15 is 0 Å². The Morgan fingerprint density at radius 2 is 2.05 bits per heavy atom. The molecular formula is C15H16BrNO2. The summed E-state index contributed by atoms with van der Waals surface area (Å²) in [6, 6.07) is 9.90. The number of rotatable bonds is 5. The van der Waals surface area contributed by atoms with Gasteiger partial charge in [-0.25, -0.2) is 4.98 Å². The average molecular weight is 322 g/mol. The van der Waals surface area contributed by atoms with E-state index in [4.69, 9.17) is 9.47 Å². The van der Waals surface area contributed by atoms with Crippen molar-refractivity contribution in [3.63, 3.8) is 0 Å². The maximum Gasteiger partial charge on any atom is 0.222 e. The van der Waals surface area contributed by atoms with E-state index in [1.165, 1.54) is 0 Å². The van der Waals surface area contributed by atoms with Crippen LogP contribution in [0.3, 0.4) is 0 Å². The van der Waals surface area contributed by atoms with E-state index in [0.29, 0.717) is 12.5 Å². The lowest BCUT2D eigenvalue weighted by Crippen LogP contribution is -1.94. The summed E-state index contributed by atoms with van der Waals surface area (Å²) in [6.07, 6.45) is 1.82. The molecule has 0 saturated carbocycles. The van der Waals surface area contributed by atoms with Gasteiger partial charge in [-0.05, 0) is 36.2 Å². The van der Waals surface area contributed by atoms with Gasteiger partial charge >= 0.3 is 0 Å². The molecule has 19 heavy (non-hydrogen) atoms. The van der Waals surface area contributed by atoms with E-state index in [1.54, 1.807) is 7.11 Å². The van der Waals surface area contributed by atoms with E-state index in [-0.39, 0.29) is 0 Å². The van der Waals surface area contributed by atoms with Gasteiger partial charge in [-0.3, -0.25) is 0 Å². The maximum atomic E-state index is 5.81. The summed E-state index contributed by atoms with van der Waals surface area (Å²) < 4.78 is 10.9. The third kappa shape index (κ3) is 3.78. The van der Waals surface area contributed by atoms with Crippen molar-refractivity contribution >= 4 is 15.9 Å². The minimum atomic E-state index is 0.576.